The molecule has 1 fully saturated rings. The SMILES string of the molecule is Cc1cc2nnn(Cc3ccc(C(=O)N4CCNCC4)o3)c2cc1C. The molecule has 0 atom stereocenters. The second-order valence-corrected chi connectivity index (χ2v) is 6.48. The van der Waals surface area contributed by atoms with Crippen molar-refractivity contribution >= 4 is 16.9 Å². The lowest BCUT2D eigenvalue weighted by Crippen LogP contribution is -2.46. The highest BCUT2D eigenvalue weighted by Crippen LogP contribution is 2.19. The Balaban J connectivity index is 1.55. The van der Waals surface area contributed by atoms with Crippen LogP contribution < -0.4 is 5.32 Å². The Labute approximate surface area is 145 Å². The minimum atomic E-state index is -0.0531. The lowest BCUT2D eigenvalue weighted by molar-refractivity contribution is 0.0701. The van der Waals surface area contributed by atoms with E-state index >= 15 is 0 Å². The van der Waals surface area contributed by atoms with Crippen molar-refractivity contribution in [3.8, 4) is 0 Å². The minimum absolute atomic E-state index is 0.0531. The second kappa shape index (κ2) is 6.33. The zero-order valence-electron chi connectivity index (χ0n) is 14.5. The molecule has 1 aliphatic heterocycles. The number of carbonyl (C=O) groups is 1. The van der Waals surface area contributed by atoms with Crippen LogP contribution in [-0.4, -0.2) is 52.0 Å². The summed E-state index contributed by atoms with van der Waals surface area (Å²) in [6.07, 6.45) is 0. The number of rotatable bonds is 3. The fourth-order valence-corrected chi connectivity index (χ4v) is 3.09. The molecule has 1 aliphatic rings. The van der Waals surface area contributed by atoms with Crippen LogP contribution in [-0.2, 0) is 6.54 Å². The summed E-state index contributed by atoms with van der Waals surface area (Å²) in [5, 5.41) is 11.7. The van der Waals surface area contributed by atoms with Crippen LogP contribution >= 0.6 is 0 Å². The van der Waals surface area contributed by atoms with Crippen LogP contribution in [0.1, 0.15) is 27.4 Å². The molecule has 1 saturated heterocycles. The van der Waals surface area contributed by atoms with E-state index in [-0.39, 0.29) is 5.91 Å². The summed E-state index contributed by atoms with van der Waals surface area (Å²) in [6.45, 7) is 7.65. The van der Waals surface area contributed by atoms with Gasteiger partial charge in [-0.05, 0) is 49.2 Å². The van der Waals surface area contributed by atoms with Gasteiger partial charge in [0.15, 0.2) is 5.76 Å². The quantitative estimate of drug-likeness (QED) is 0.786. The fourth-order valence-electron chi connectivity index (χ4n) is 3.09. The van der Waals surface area contributed by atoms with Gasteiger partial charge < -0.3 is 14.6 Å². The number of nitrogens with zero attached hydrogens (tertiary/aromatic N) is 4. The predicted octanol–water partition coefficient (Wildman–Crippen LogP) is 1.73. The molecule has 0 saturated carbocycles. The predicted molar refractivity (Wildman–Crippen MR) is 93.6 cm³/mol. The first-order valence-corrected chi connectivity index (χ1v) is 8.51. The summed E-state index contributed by atoms with van der Waals surface area (Å²) in [7, 11) is 0. The molecule has 0 spiro atoms. The van der Waals surface area contributed by atoms with Crippen LogP contribution in [0.2, 0.25) is 0 Å². The number of hydrogen-bond donors (Lipinski definition) is 1. The van der Waals surface area contributed by atoms with E-state index in [9.17, 15) is 4.79 Å². The van der Waals surface area contributed by atoms with Gasteiger partial charge >= 0.3 is 0 Å². The van der Waals surface area contributed by atoms with Gasteiger partial charge in [-0.25, -0.2) is 4.68 Å². The Morgan fingerprint density at radius 3 is 2.76 bits per heavy atom. The van der Waals surface area contributed by atoms with Gasteiger partial charge in [-0.15, -0.1) is 5.10 Å². The first-order valence-electron chi connectivity index (χ1n) is 8.51. The zero-order valence-corrected chi connectivity index (χ0v) is 14.5. The molecule has 1 aromatic carbocycles. The molecule has 0 bridgehead atoms. The van der Waals surface area contributed by atoms with Crippen molar-refractivity contribution < 1.29 is 9.21 Å². The number of carbonyl (C=O) groups excluding carboxylic acids is 1. The molecular formula is C18H21N5O2. The summed E-state index contributed by atoms with van der Waals surface area (Å²) in [5.41, 5.74) is 4.23. The van der Waals surface area contributed by atoms with E-state index in [1.54, 1.807) is 10.7 Å². The van der Waals surface area contributed by atoms with Crippen LogP contribution in [0.4, 0.5) is 0 Å². The molecular weight excluding hydrogens is 318 g/mol. The number of amides is 1. The molecule has 7 heteroatoms. The Morgan fingerprint density at radius 1 is 1.20 bits per heavy atom. The van der Waals surface area contributed by atoms with Gasteiger partial charge in [0, 0.05) is 26.2 Å². The van der Waals surface area contributed by atoms with Crippen molar-refractivity contribution in [1.82, 2.24) is 25.2 Å². The smallest absolute Gasteiger partial charge is 0.289 e. The van der Waals surface area contributed by atoms with Crippen LogP contribution in [0.3, 0.4) is 0 Å². The van der Waals surface area contributed by atoms with Crippen molar-refractivity contribution in [3.05, 3.63) is 46.9 Å². The van der Waals surface area contributed by atoms with Crippen LogP contribution in [0.25, 0.3) is 11.0 Å². The number of furan rings is 1. The lowest BCUT2D eigenvalue weighted by atomic mass is 10.1. The number of nitrogens with one attached hydrogen (secondary N) is 1. The molecule has 0 unspecified atom stereocenters. The third-order valence-corrected chi connectivity index (χ3v) is 4.71. The van der Waals surface area contributed by atoms with Gasteiger partial charge in [-0.3, -0.25) is 4.79 Å². The van der Waals surface area contributed by atoms with E-state index in [1.165, 1.54) is 11.1 Å². The average molecular weight is 339 g/mol. The van der Waals surface area contributed by atoms with Gasteiger partial charge in [0.1, 0.15) is 17.8 Å². The third-order valence-electron chi connectivity index (χ3n) is 4.71. The number of piperazine rings is 1. The molecule has 3 aromatic rings. The molecule has 0 radical (unpaired) electrons. The maximum absolute atomic E-state index is 12.5. The summed E-state index contributed by atoms with van der Waals surface area (Å²) in [6, 6.07) is 7.70. The fraction of sp³-hybridized carbons (Fsp3) is 0.389. The molecule has 4 rings (SSSR count). The molecule has 0 aliphatic carbocycles. The van der Waals surface area contributed by atoms with Gasteiger partial charge in [0.25, 0.3) is 5.91 Å². The van der Waals surface area contributed by atoms with Gasteiger partial charge in [0.05, 0.1) is 5.52 Å². The van der Waals surface area contributed by atoms with E-state index < -0.39 is 0 Å². The molecule has 25 heavy (non-hydrogen) atoms. The topological polar surface area (TPSA) is 76.2 Å². The maximum Gasteiger partial charge on any atom is 0.289 e. The first kappa shape index (κ1) is 15.8. The van der Waals surface area contributed by atoms with Crippen LogP contribution in [0.15, 0.2) is 28.7 Å². The maximum atomic E-state index is 12.5. The highest BCUT2D eigenvalue weighted by Gasteiger charge is 2.21. The summed E-state index contributed by atoms with van der Waals surface area (Å²) >= 11 is 0. The summed E-state index contributed by atoms with van der Waals surface area (Å²) < 4.78 is 7.58. The Morgan fingerprint density at radius 2 is 1.96 bits per heavy atom. The Kier molecular flexibility index (Phi) is 4.01. The van der Waals surface area contributed by atoms with Gasteiger partial charge in [-0.2, -0.15) is 0 Å². The number of hydrogen-bond acceptors (Lipinski definition) is 5. The molecule has 2 aromatic heterocycles. The van der Waals surface area contributed by atoms with Gasteiger partial charge in [0.2, 0.25) is 0 Å². The van der Waals surface area contributed by atoms with Crippen molar-refractivity contribution in [1.29, 1.82) is 0 Å². The average Bonchev–Trinajstić information content (AvgIpc) is 3.24. The number of aryl methyl sites for hydroxylation is 2. The lowest BCUT2D eigenvalue weighted by Gasteiger charge is -2.26. The molecule has 7 nitrogen and oxygen atoms in total. The van der Waals surface area contributed by atoms with Crippen molar-refractivity contribution in [2.24, 2.45) is 0 Å². The molecule has 130 valence electrons. The highest BCUT2D eigenvalue weighted by molar-refractivity contribution is 5.91. The van der Waals surface area contributed by atoms with E-state index in [1.807, 2.05) is 17.0 Å². The van der Waals surface area contributed by atoms with Crippen molar-refractivity contribution in [3.63, 3.8) is 0 Å². The zero-order chi connectivity index (χ0) is 17.4. The molecule has 1 N–H and O–H groups in total. The summed E-state index contributed by atoms with van der Waals surface area (Å²) in [5.74, 6) is 1.03. The summed E-state index contributed by atoms with van der Waals surface area (Å²) in [4.78, 5) is 14.3. The van der Waals surface area contributed by atoms with Crippen molar-refractivity contribution in [2.45, 2.75) is 20.4 Å². The Hall–Kier alpha value is -2.67. The van der Waals surface area contributed by atoms with E-state index in [4.69, 9.17) is 4.42 Å². The molecule has 1 amide bonds. The van der Waals surface area contributed by atoms with E-state index in [0.717, 1.165) is 24.1 Å². The number of aromatic nitrogens is 3. The van der Waals surface area contributed by atoms with E-state index in [0.29, 0.717) is 31.2 Å². The second-order valence-electron chi connectivity index (χ2n) is 6.48. The number of benzene rings is 1. The molecule has 3 heterocycles. The van der Waals surface area contributed by atoms with Crippen LogP contribution in [0.5, 0.6) is 0 Å². The normalized spacial score (nSPS) is 15.0. The standard InChI is InChI=1S/C18H21N5O2/c1-12-9-15-16(10-13(12)2)23(21-20-15)11-14-3-4-17(25-14)18(24)22-7-5-19-6-8-22/h3-4,9-10,19H,5-8,11H2,1-2H3. The van der Waals surface area contributed by atoms with E-state index in [2.05, 4.69) is 35.5 Å². The van der Waals surface area contributed by atoms with Crippen molar-refractivity contribution in [2.75, 3.05) is 26.2 Å². The largest absolute Gasteiger partial charge is 0.454 e. The Bertz CT molecular complexity index is 921. The van der Waals surface area contributed by atoms with Gasteiger partial charge in [-0.1, -0.05) is 5.21 Å². The highest BCUT2D eigenvalue weighted by atomic mass is 16.4. The third kappa shape index (κ3) is 3.02. The minimum Gasteiger partial charge on any atom is -0.454 e. The van der Waals surface area contributed by atoms with Crippen LogP contribution in [0, 0.1) is 13.8 Å². The first-order chi connectivity index (χ1) is 12.1. The monoisotopic (exact) mass is 339 g/mol. The number of fused-ring (bicyclic) bond motifs is 1.